The Morgan fingerprint density at radius 2 is 1.95 bits per heavy atom. The maximum atomic E-state index is 12.1. The van der Waals surface area contributed by atoms with Crippen LogP contribution in [0, 0.1) is 6.92 Å². The zero-order valence-corrected chi connectivity index (χ0v) is 11.4. The third kappa shape index (κ3) is 2.97. The van der Waals surface area contributed by atoms with Crippen LogP contribution in [0.15, 0.2) is 59.4 Å². The fraction of sp³-hybridized carbons (Fsp3) is 0.0625. The summed E-state index contributed by atoms with van der Waals surface area (Å²) >= 11 is 0. The lowest BCUT2D eigenvalue weighted by Gasteiger charge is -2.01. The summed E-state index contributed by atoms with van der Waals surface area (Å²) < 4.78 is 5.14. The summed E-state index contributed by atoms with van der Waals surface area (Å²) in [5.41, 5.74) is 3.14. The lowest BCUT2D eigenvalue weighted by Crippen LogP contribution is -2.11. The molecule has 3 rings (SSSR count). The molecule has 1 amide bonds. The lowest BCUT2D eigenvalue weighted by molar-refractivity contribution is 0.102. The van der Waals surface area contributed by atoms with E-state index in [9.17, 15) is 4.79 Å². The number of anilines is 1. The molecule has 2 heterocycles. The van der Waals surface area contributed by atoms with Crippen molar-refractivity contribution in [3.8, 4) is 11.3 Å². The van der Waals surface area contributed by atoms with E-state index in [4.69, 9.17) is 4.52 Å². The smallest absolute Gasteiger partial charge is 0.258 e. The van der Waals surface area contributed by atoms with Gasteiger partial charge in [-0.1, -0.05) is 22.9 Å². The summed E-state index contributed by atoms with van der Waals surface area (Å²) in [6.45, 7) is 1.94. The first kappa shape index (κ1) is 13.1. The molecule has 0 radical (unpaired) electrons. The Kier molecular flexibility index (Phi) is 3.47. The van der Waals surface area contributed by atoms with E-state index in [1.54, 1.807) is 24.5 Å². The van der Waals surface area contributed by atoms with Gasteiger partial charge in [-0.3, -0.25) is 15.1 Å². The number of carbonyl (C=O) groups is 1. The highest BCUT2D eigenvalue weighted by molar-refractivity contribution is 6.03. The molecule has 104 valence electrons. The monoisotopic (exact) mass is 279 g/mol. The van der Waals surface area contributed by atoms with Crippen LogP contribution in [0.25, 0.3) is 11.3 Å². The Morgan fingerprint density at radius 3 is 2.71 bits per heavy atom. The number of carbonyl (C=O) groups excluding carboxylic acids is 1. The second-order valence-corrected chi connectivity index (χ2v) is 4.64. The maximum Gasteiger partial charge on any atom is 0.258 e. The molecule has 1 aromatic carbocycles. The second-order valence-electron chi connectivity index (χ2n) is 4.64. The third-order valence-corrected chi connectivity index (χ3v) is 3.00. The first-order valence-electron chi connectivity index (χ1n) is 6.47. The highest BCUT2D eigenvalue weighted by Crippen LogP contribution is 2.21. The Bertz CT molecular complexity index is 766. The van der Waals surface area contributed by atoms with Gasteiger partial charge in [0.2, 0.25) is 5.88 Å². The number of aromatic nitrogens is 2. The fourth-order valence-electron chi connectivity index (χ4n) is 1.96. The highest BCUT2D eigenvalue weighted by atomic mass is 16.5. The first-order chi connectivity index (χ1) is 10.2. The van der Waals surface area contributed by atoms with Gasteiger partial charge in [-0.25, -0.2) is 0 Å². The summed E-state index contributed by atoms with van der Waals surface area (Å²) in [6, 6.07) is 12.7. The average Bonchev–Trinajstić information content (AvgIpc) is 2.97. The van der Waals surface area contributed by atoms with E-state index in [1.165, 1.54) is 0 Å². The Hall–Kier alpha value is -2.95. The molecular weight excluding hydrogens is 266 g/mol. The third-order valence-electron chi connectivity index (χ3n) is 3.00. The van der Waals surface area contributed by atoms with Gasteiger partial charge in [-0.05, 0) is 31.2 Å². The molecule has 0 aliphatic heterocycles. The minimum Gasteiger partial charge on any atom is -0.338 e. The van der Waals surface area contributed by atoms with Crippen molar-refractivity contribution in [1.82, 2.24) is 10.1 Å². The Labute approximate surface area is 121 Å². The van der Waals surface area contributed by atoms with Crippen molar-refractivity contribution < 1.29 is 9.32 Å². The Balaban J connectivity index is 1.77. The van der Waals surface area contributed by atoms with Crippen LogP contribution in [-0.4, -0.2) is 16.0 Å². The van der Waals surface area contributed by atoms with Crippen molar-refractivity contribution in [2.75, 3.05) is 5.32 Å². The molecule has 21 heavy (non-hydrogen) atoms. The molecule has 5 heteroatoms. The van der Waals surface area contributed by atoms with Crippen molar-refractivity contribution in [3.05, 3.63) is 66.0 Å². The quantitative estimate of drug-likeness (QED) is 0.798. The number of hydrogen-bond donors (Lipinski definition) is 1. The Morgan fingerprint density at radius 1 is 1.14 bits per heavy atom. The molecule has 2 aromatic heterocycles. The van der Waals surface area contributed by atoms with Crippen molar-refractivity contribution in [3.63, 3.8) is 0 Å². The number of pyridine rings is 1. The number of hydrogen-bond acceptors (Lipinski definition) is 4. The van der Waals surface area contributed by atoms with E-state index < -0.39 is 0 Å². The standard InChI is InChI=1S/C16H13N3O2/c1-11-3-2-4-13(9-11)16(20)18-15-10-14(19-21-15)12-5-7-17-8-6-12/h2-10H,1H3,(H,18,20). The van der Waals surface area contributed by atoms with Crippen LogP contribution in [0.1, 0.15) is 15.9 Å². The maximum absolute atomic E-state index is 12.1. The highest BCUT2D eigenvalue weighted by Gasteiger charge is 2.11. The molecule has 0 saturated heterocycles. The van der Waals surface area contributed by atoms with E-state index in [1.807, 2.05) is 37.3 Å². The van der Waals surface area contributed by atoms with Gasteiger partial charge >= 0.3 is 0 Å². The van der Waals surface area contributed by atoms with E-state index in [-0.39, 0.29) is 5.91 Å². The van der Waals surface area contributed by atoms with Crippen molar-refractivity contribution >= 4 is 11.8 Å². The van der Waals surface area contributed by atoms with E-state index in [0.29, 0.717) is 17.1 Å². The number of benzene rings is 1. The predicted octanol–water partition coefficient (Wildman–Crippen LogP) is 3.30. The topological polar surface area (TPSA) is 68.0 Å². The number of amides is 1. The SMILES string of the molecule is Cc1cccc(C(=O)Nc2cc(-c3ccncc3)no2)c1. The number of nitrogens with zero attached hydrogens (tertiary/aromatic N) is 2. The molecule has 0 aliphatic rings. The molecule has 0 unspecified atom stereocenters. The molecule has 5 nitrogen and oxygen atoms in total. The summed E-state index contributed by atoms with van der Waals surface area (Å²) in [7, 11) is 0. The summed E-state index contributed by atoms with van der Waals surface area (Å²) in [4.78, 5) is 16.0. The van der Waals surface area contributed by atoms with Crippen molar-refractivity contribution in [2.24, 2.45) is 0 Å². The van der Waals surface area contributed by atoms with Gasteiger partial charge in [0.25, 0.3) is 5.91 Å². The van der Waals surface area contributed by atoms with Crippen LogP contribution in [0.4, 0.5) is 5.88 Å². The van der Waals surface area contributed by atoms with Crippen molar-refractivity contribution in [1.29, 1.82) is 0 Å². The zero-order chi connectivity index (χ0) is 14.7. The molecule has 0 spiro atoms. The second kappa shape index (κ2) is 5.58. The van der Waals surface area contributed by atoms with Gasteiger partial charge in [0.1, 0.15) is 5.69 Å². The molecule has 0 saturated carbocycles. The van der Waals surface area contributed by atoms with Gasteiger partial charge in [-0.15, -0.1) is 0 Å². The lowest BCUT2D eigenvalue weighted by atomic mass is 10.1. The normalized spacial score (nSPS) is 10.3. The molecule has 1 N–H and O–H groups in total. The largest absolute Gasteiger partial charge is 0.338 e. The molecule has 3 aromatic rings. The molecule has 0 fully saturated rings. The van der Waals surface area contributed by atoms with E-state index in [0.717, 1.165) is 11.1 Å². The van der Waals surface area contributed by atoms with Gasteiger partial charge < -0.3 is 4.52 Å². The van der Waals surface area contributed by atoms with E-state index >= 15 is 0 Å². The fourth-order valence-corrected chi connectivity index (χ4v) is 1.96. The van der Waals surface area contributed by atoms with E-state index in [2.05, 4.69) is 15.5 Å². The van der Waals surface area contributed by atoms with Crippen LogP contribution in [0.2, 0.25) is 0 Å². The summed E-state index contributed by atoms with van der Waals surface area (Å²) in [5, 5.41) is 6.63. The minimum atomic E-state index is -0.226. The summed E-state index contributed by atoms with van der Waals surface area (Å²) in [5.74, 6) is 0.0875. The van der Waals surface area contributed by atoms with Gasteiger partial charge in [0, 0.05) is 29.6 Å². The zero-order valence-electron chi connectivity index (χ0n) is 11.4. The number of rotatable bonds is 3. The van der Waals surface area contributed by atoms with Gasteiger partial charge in [0.15, 0.2) is 0 Å². The van der Waals surface area contributed by atoms with Crippen LogP contribution in [-0.2, 0) is 0 Å². The predicted molar refractivity (Wildman–Crippen MR) is 78.9 cm³/mol. The van der Waals surface area contributed by atoms with Gasteiger partial charge in [0.05, 0.1) is 0 Å². The van der Waals surface area contributed by atoms with Crippen LogP contribution in [0.5, 0.6) is 0 Å². The average molecular weight is 279 g/mol. The molecule has 0 bridgehead atoms. The molecular formula is C16H13N3O2. The van der Waals surface area contributed by atoms with Crippen LogP contribution < -0.4 is 5.32 Å². The first-order valence-corrected chi connectivity index (χ1v) is 6.47. The number of aryl methyl sites for hydroxylation is 1. The van der Waals surface area contributed by atoms with Crippen molar-refractivity contribution in [2.45, 2.75) is 6.92 Å². The van der Waals surface area contributed by atoms with Crippen LogP contribution in [0.3, 0.4) is 0 Å². The minimum absolute atomic E-state index is 0.226. The van der Waals surface area contributed by atoms with Gasteiger partial charge in [-0.2, -0.15) is 0 Å². The molecule has 0 atom stereocenters. The summed E-state index contributed by atoms with van der Waals surface area (Å²) in [6.07, 6.45) is 3.35. The number of nitrogens with one attached hydrogen (secondary N) is 1. The van der Waals surface area contributed by atoms with Crippen LogP contribution >= 0.6 is 0 Å². The molecule has 0 aliphatic carbocycles.